The van der Waals surface area contributed by atoms with E-state index in [1.807, 2.05) is 6.92 Å². The van der Waals surface area contributed by atoms with Crippen LogP contribution in [0, 0.1) is 5.82 Å². The normalized spacial score (nSPS) is 11.4. The van der Waals surface area contributed by atoms with Gasteiger partial charge in [0.1, 0.15) is 12.4 Å². The Morgan fingerprint density at radius 3 is 2.43 bits per heavy atom. The zero-order chi connectivity index (χ0) is 20.1. The van der Waals surface area contributed by atoms with Gasteiger partial charge in [0.2, 0.25) is 0 Å². The van der Waals surface area contributed by atoms with E-state index in [2.05, 4.69) is 6.58 Å². The number of aryl methyl sites for hydroxylation is 1. The van der Waals surface area contributed by atoms with Gasteiger partial charge in [-0.3, -0.25) is 0 Å². The Morgan fingerprint density at radius 1 is 1.00 bits per heavy atom. The second-order valence-corrected chi connectivity index (χ2v) is 6.46. The van der Waals surface area contributed by atoms with E-state index in [4.69, 9.17) is 9.47 Å². The predicted molar refractivity (Wildman–Crippen MR) is 105 cm³/mol. The van der Waals surface area contributed by atoms with Crippen LogP contribution in [-0.4, -0.2) is 6.61 Å². The number of ether oxygens (including phenoxy) is 2. The molecule has 5 heteroatoms. The molecule has 0 unspecified atom stereocenters. The van der Waals surface area contributed by atoms with Crippen molar-refractivity contribution in [2.75, 3.05) is 6.61 Å². The molecule has 0 saturated carbocycles. The Labute approximate surface area is 162 Å². The number of rotatable bonds is 8. The summed E-state index contributed by atoms with van der Waals surface area (Å²) in [7, 11) is 0. The highest BCUT2D eigenvalue weighted by Crippen LogP contribution is 2.34. The van der Waals surface area contributed by atoms with Crippen LogP contribution in [-0.2, 0) is 12.5 Å². The minimum Gasteiger partial charge on any atom is -0.486 e. The lowest BCUT2D eigenvalue weighted by atomic mass is 10.1. The van der Waals surface area contributed by atoms with E-state index in [9.17, 15) is 13.2 Å². The number of alkyl halides is 2. The lowest BCUT2D eigenvalue weighted by Gasteiger charge is -2.19. The lowest BCUT2D eigenvalue weighted by molar-refractivity contribution is -0.185. The molecule has 0 aromatic heterocycles. The fraction of sp³-hybridized carbons (Fsp3) is 0.217. The van der Waals surface area contributed by atoms with E-state index in [-0.39, 0.29) is 23.7 Å². The Bertz CT molecular complexity index is 965. The molecule has 3 aromatic carbocycles. The Morgan fingerprint density at radius 2 is 1.75 bits per heavy atom. The molecule has 2 nitrogen and oxygen atoms in total. The maximum absolute atomic E-state index is 14.5. The summed E-state index contributed by atoms with van der Waals surface area (Å²) in [5.74, 6) is -0.544. The highest BCUT2D eigenvalue weighted by molar-refractivity contribution is 5.85. The highest BCUT2D eigenvalue weighted by Gasteiger charge is 2.34. The molecule has 0 bridgehead atoms. The average Bonchev–Trinajstić information content (AvgIpc) is 2.67. The fourth-order valence-electron chi connectivity index (χ4n) is 2.91. The van der Waals surface area contributed by atoms with Crippen molar-refractivity contribution in [2.24, 2.45) is 0 Å². The molecule has 3 aromatic rings. The van der Waals surface area contributed by atoms with Gasteiger partial charge in [-0.2, -0.15) is 8.78 Å². The van der Waals surface area contributed by atoms with Gasteiger partial charge in [-0.25, -0.2) is 4.39 Å². The first-order chi connectivity index (χ1) is 13.4. The first-order valence-corrected chi connectivity index (χ1v) is 9.06. The topological polar surface area (TPSA) is 18.5 Å². The van der Waals surface area contributed by atoms with Gasteiger partial charge in [0, 0.05) is 0 Å². The number of hydrogen-bond donors (Lipinski definition) is 0. The van der Waals surface area contributed by atoms with Crippen LogP contribution >= 0.6 is 0 Å². The zero-order valence-corrected chi connectivity index (χ0v) is 15.6. The van der Waals surface area contributed by atoms with Crippen molar-refractivity contribution in [3.8, 4) is 11.5 Å². The molecule has 0 atom stereocenters. The smallest absolute Gasteiger partial charge is 0.426 e. The molecule has 0 fully saturated rings. The zero-order valence-electron chi connectivity index (χ0n) is 15.6. The van der Waals surface area contributed by atoms with Gasteiger partial charge in [0.25, 0.3) is 0 Å². The molecule has 28 heavy (non-hydrogen) atoms. The third-order valence-corrected chi connectivity index (χ3v) is 4.29. The molecular weight excluding hydrogens is 365 g/mol. The molecule has 0 radical (unpaired) electrons. The molecule has 0 aliphatic heterocycles. The Hall–Kier alpha value is -2.95. The molecule has 146 valence electrons. The minimum atomic E-state index is -3.50. The summed E-state index contributed by atoms with van der Waals surface area (Å²) in [5, 5.41) is 1.09. The van der Waals surface area contributed by atoms with Crippen molar-refractivity contribution < 1.29 is 22.6 Å². The van der Waals surface area contributed by atoms with E-state index in [1.54, 1.807) is 18.2 Å². The maximum atomic E-state index is 14.5. The van der Waals surface area contributed by atoms with Crippen LogP contribution in [0.1, 0.15) is 24.5 Å². The number of benzene rings is 3. The van der Waals surface area contributed by atoms with Crippen molar-refractivity contribution in [3.63, 3.8) is 0 Å². The standard InChI is InChI=1S/C23H21F3O2/c1-3-5-16-6-9-19(10-7-16)23(25,26)28-20-11-8-17-15-22(27-12-4-2)21(24)14-18(17)13-20/h4,6-11,13-15H,2-3,5,12H2,1H3. The SMILES string of the molecule is C=CCOc1cc2ccc(OC(F)(F)c3ccc(CCC)cc3)cc2cc1F. The number of fused-ring (bicyclic) bond motifs is 1. The molecule has 0 amide bonds. The van der Waals surface area contributed by atoms with Gasteiger partial charge in [-0.05, 0) is 59.2 Å². The fourth-order valence-corrected chi connectivity index (χ4v) is 2.91. The summed E-state index contributed by atoms with van der Waals surface area (Å²) < 4.78 is 53.3. The van der Waals surface area contributed by atoms with Gasteiger partial charge in [0.05, 0.1) is 5.56 Å². The first kappa shape index (κ1) is 19.8. The number of halogens is 3. The van der Waals surface area contributed by atoms with Crippen LogP contribution in [0.15, 0.2) is 67.3 Å². The van der Waals surface area contributed by atoms with Crippen LogP contribution in [0.25, 0.3) is 10.8 Å². The molecule has 0 aliphatic carbocycles. The maximum Gasteiger partial charge on any atom is 0.426 e. The predicted octanol–water partition coefficient (Wildman–Crippen LogP) is 6.62. The summed E-state index contributed by atoms with van der Waals surface area (Å²) in [5.41, 5.74) is 0.768. The van der Waals surface area contributed by atoms with E-state index < -0.39 is 11.9 Å². The number of hydrogen-bond acceptors (Lipinski definition) is 2. The van der Waals surface area contributed by atoms with E-state index >= 15 is 0 Å². The summed E-state index contributed by atoms with van der Waals surface area (Å²) >= 11 is 0. The molecule has 3 rings (SSSR count). The monoisotopic (exact) mass is 386 g/mol. The van der Waals surface area contributed by atoms with Gasteiger partial charge in [-0.15, -0.1) is 0 Å². The van der Waals surface area contributed by atoms with Gasteiger partial charge in [-0.1, -0.05) is 44.2 Å². The summed E-state index contributed by atoms with van der Waals surface area (Å²) in [6, 6.07) is 13.2. The third-order valence-electron chi connectivity index (χ3n) is 4.29. The Kier molecular flexibility index (Phi) is 5.93. The van der Waals surface area contributed by atoms with Crippen LogP contribution < -0.4 is 9.47 Å². The van der Waals surface area contributed by atoms with Gasteiger partial charge in [0.15, 0.2) is 11.6 Å². The first-order valence-electron chi connectivity index (χ1n) is 9.06. The van der Waals surface area contributed by atoms with Crippen molar-refractivity contribution in [2.45, 2.75) is 25.9 Å². The minimum absolute atomic E-state index is 0.0469. The van der Waals surface area contributed by atoms with E-state index in [0.29, 0.717) is 10.8 Å². The highest BCUT2D eigenvalue weighted by atomic mass is 19.3. The molecule has 0 spiro atoms. The van der Waals surface area contributed by atoms with Crippen molar-refractivity contribution >= 4 is 10.8 Å². The van der Waals surface area contributed by atoms with Gasteiger partial charge >= 0.3 is 6.11 Å². The van der Waals surface area contributed by atoms with Crippen molar-refractivity contribution in [3.05, 3.63) is 84.2 Å². The Balaban J connectivity index is 1.83. The van der Waals surface area contributed by atoms with Crippen LogP contribution in [0.3, 0.4) is 0 Å². The average molecular weight is 386 g/mol. The molecular formula is C23H21F3O2. The van der Waals surface area contributed by atoms with E-state index in [0.717, 1.165) is 18.4 Å². The van der Waals surface area contributed by atoms with Gasteiger partial charge < -0.3 is 9.47 Å². The molecule has 0 saturated heterocycles. The largest absolute Gasteiger partial charge is 0.486 e. The van der Waals surface area contributed by atoms with Crippen LogP contribution in [0.2, 0.25) is 0 Å². The van der Waals surface area contributed by atoms with E-state index in [1.165, 1.54) is 42.5 Å². The third kappa shape index (κ3) is 4.47. The van der Waals surface area contributed by atoms with Crippen molar-refractivity contribution in [1.82, 2.24) is 0 Å². The molecule has 0 aliphatic rings. The second-order valence-electron chi connectivity index (χ2n) is 6.46. The summed E-state index contributed by atoms with van der Waals surface area (Å²) in [6.07, 6.45) is -0.205. The van der Waals surface area contributed by atoms with Crippen LogP contribution in [0.5, 0.6) is 11.5 Å². The lowest BCUT2D eigenvalue weighted by Crippen LogP contribution is -2.21. The van der Waals surface area contributed by atoms with Crippen LogP contribution in [0.4, 0.5) is 13.2 Å². The second kappa shape index (κ2) is 8.38. The quantitative estimate of drug-likeness (QED) is 0.405. The van der Waals surface area contributed by atoms with Crippen molar-refractivity contribution in [1.29, 1.82) is 0 Å². The molecule has 0 N–H and O–H groups in total. The summed E-state index contributed by atoms with van der Waals surface area (Å²) in [4.78, 5) is 0. The summed E-state index contributed by atoms with van der Waals surface area (Å²) in [6.45, 7) is 5.72. The molecule has 0 heterocycles.